The SMILES string of the molecule is O=C(O)CCNC1CCCN(Cc2ccco2)C1. The van der Waals surface area contributed by atoms with Crippen molar-refractivity contribution in [2.45, 2.75) is 31.8 Å². The molecule has 100 valence electrons. The van der Waals surface area contributed by atoms with Gasteiger partial charge in [0.2, 0.25) is 0 Å². The number of carbonyl (C=O) groups is 1. The van der Waals surface area contributed by atoms with E-state index in [1.54, 1.807) is 6.26 Å². The van der Waals surface area contributed by atoms with Crippen LogP contribution in [0.5, 0.6) is 0 Å². The van der Waals surface area contributed by atoms with E-state index in [0.717, 1.165) is 38.2 Å². The monoisotopic (exact) mass is 252 g/mol. The maximum Gasteiger partial charge on any atom is 0.304 e. The number of nitrogens with zero attached hydrogens (tertiary/aromatic N) is 1. The number of piperidine rings is 1. The highest BCUT2D eigenvalue weighted by Crippen LogP contribution is 2.13. The Hall–Kier alpha value is -1.33. The summed E-state index contributed by atoms with van der Waals surface area (Å²) in [6.07, 6.45) is 4.15. The predicted octanol–water partition coefficient (Wildman–Crippen LogP) is 1.31. The van der Waals surface area contributed by atoms with Crippen LogP contribution in [0, 0.1) is 0 Å². The van der Waals surface area contributed by atoms with Gasteiger partial charge in [0.15, 0.2) is 0 Å². The molecule has 0 aromatic carbocycles. The Morgan fingerprint density at radius 1 is 1.61 bits per heavy atom. The van der Waals surface area contributed by atoms with Crippen LogP contribution in [0.3, 0.4) is 0 Å². The first kappa shape index (κ1) is 13.1. The van der Waals surface area contributed by atoms with Gasteiger partial charge in [0.25, 0.3) is 0 Å². The van der Waals surface area contributed by atoms with Crippen LogP contribution < -0.4 is 5.32 Å². The summed E-state index contributed by atoms with van der Waals surface area (Å²) in [5.74, 6) is 0.243. The number of aliphatic carboxylic acids is 1. The van der Waals surface area contributed by atoms with Gasteiger partial charge in [0, 0.05) is 19.1 Å². The molecule has 0 saturated carbocycles. The van der Waals surface area contributed by atoms with Gasteiger partial charge in [0.1, 0.15) is 5.76 Å². The van der Waals surface area contributed by atoms with E-state index in [-0.39, 0.29) is 6.42 Å². The average molecular weight is 252 g/mol. The van der Waals surface area contributed by atoms with Gasteiger partial charge in [-0.15, -0.1) is 0 Å². The van der Waals surface area contributed by atoms with Crippen LogP contribution in [0.15, 0.2) is 22.8 Å². The zero-order valence-electron chi connectivity index (χ0n) is 10.5. The molecule has 0 amide bonds. The highest BCUT2D eigenvalue weighted by Gasteiger charge is 2.20. The van der Waals surface area contributed by atoms with Crippen LogP contribution in [0.4, 0.5) is 0 Å². The molecule has 2 heterocycles. The van der Waals surface area contributed by atoms with Crippen molar-refractivity contribution in [2.24, 2.45) is 0 Å². The fourth-order valence-corrected chi connectivity index (χ4v) is 2.37. The number of furan rings is 1. The number of nitrogens with one attached hydrogen (secondary N) is 1. The van der Waals surface area contributed by atoms with E-state index in [4.69, 9.17) is 9.52 Å². The first-order chi connectivity index (χ1) is 8.74. The van der Waals surface area contributed by atoms with E-state index < -0.39 is 5.97 Å². The van der Waals surface area contributed by atoms with Gasteiger partial charge in [-0.3, -0.25) is 9.69 Å². The molecular formula is C13H20N2O3. The third kappa shape index (κ3) is 4.16. The fourth-order valence-electron chi connectivity index (χ4n) is 2.37. The molecule has 1 atom stereocenters. The number of likely N-dealkylation sites (tertiary alicyclic amines) is 1. The van der Waals surface area contributed by atoms with E-state index in [9.17, 15) is 4.79 Å². The molecule has 1 aliphatic heterocycles. The maximum atomic E-state index is 10.5. The molecule has 0 spiro atoms. The van der Waals surface area contributed by atoms with Crippen molar-refractivity contribution >= 4 is 5.97 Å². The van der Waals surface area contributed by atoms with E-state index in [1.807, 2.05) is 12.1 Å². The quantitative estimate of drug-likeness (QED) is 0.799. The van der Waals surface area contributed by atoms with Crippen LogP contribution in [0.25, 0.3) is 0 Å². The fraction of sp³-hybridized carbons (Fsp3) is 0.615. The Balaban J connectivity index is 1.72. The normalized spacial score (nSPS) is 21.0. The highest BCUT2D eigenvalue weighted by molar-refractivity contribution is 5.66. The van der Waals surface area contributed by atoms with E-state index >= 15 is 0 Å². The second kappa shape index (κ2) is 6.56. The van der Waals surface area contributed by atoms with Crippen LogP contribution >= 0.6 is 0 Å². The Bertz CT molecular complexity index is 364. The molecule has 1 aliphatic rings. The molecule has 1 fully saturated rings. The minimum Gasteiger partial charge on any atom is -0.481 e. The van der Waals surface area contributed by atoms with Gasteiger partial charge in [-0.2, -0.15) is 0 Å². The minimum absolute atomic E-state index is 0.189. The largest absolute Gasteiger partial charge is 0.481 e. The number of hydrogen-bond donors (Lipinski definition) is 2. The molecule has 2 N–H and O–H groups in total. The topological polar surface area (TPSA) is 65.7 Å². The number of rotatable bonds is 6. The summed E-state index contributed by atoms with van der Waals surface area (Å²) in [6, 6.07) is 4.29. The molecular weight excluding hydrogens is 232 g/mol. The van der Waals surface area contributed by atoms with Crippen LogP contribution in [0.2, 0.25) is 0 Å². The molecule has 5 heteroatoms. The molecule has 0 aliphatic carbocycles. The van der Waals surface area contributed by atoms with Crippen LogP contribution in [-0.2, 0) is 11.3 Å². The van der Waals surface area contributed by atoms with Gasteiger partial charge < -0.3 is 14.8 Å². The lowest BCUT2D eigenvalue weighted by atomic mass is 10.1. The van der Waals surface area contributed by atoms with Crippen molar-refractivity contribution in [3.63, 3.8) is 0 Å². The van der Waals surface area contributed by atoms with Gasteiger partial charge in [-0.1, -0.05) is 0 Å². The molecule has 1 aromatic rings. The summed E-state index contributed by atoms with van der Waals surface area (Å²) in [5.41, 5.74) is 0. The van der Waals surface area contributed by atoms with E-state index in [2.05, 4.69) is 10.2 Å². The second-order valence-corrected chi connectivity index (χ2v) is 4.75. The highest BCUT2D eigenvalue weighted by atomic mass is 16.4. The Morgan fingerprint density at radius 2 is 2.50 bits per heavy atom. The summed E-state index contributed by atoms with van der Waals surface area (Å²) >= 11 is 0. The Morgan fingerprint density at radius 3 is 3.22 bits per heavy atom. The minimum atomic E-state index is -0.745. The Kier molecular flexibility index (Phi) is 4.78. The predicted molar refractivity (Wildman–Crippen MR) is 67.3 cm³/mol. The molecule has 1 unspecified atom stereocenters. The molecule has 0 bridgehead atoms. The molecule has 0 radical (unpaired) electrons. The lowest BCUT2D eigenvalue weighted by molar-refractivity contribution is -0.136. The second-order valence-electron chi connectivity index (χ2n) is 4.75. The van der Waals surface area contributed by atoms with Crippen molar-refractivity contribution in [3.8, 4) is 0 Å². The van der Waals surface area contributed by atoms with Crippen LogP contribution in [-0.4, -0.2) is 41.7 Å². The summed E-state index contributed by atoms with van der Waals surface area (Å²) in [5, 5.41) is 11.9. The number of hydrogen-bond acceptors (Lipinski definition) is 4. The molecule has 1 saturated heterocycles. The van der Waals surface area contributed by atoms with Gasteiger partial charge in [-0.25, -0.2) is 0 Å². The third-order valence-electron chi connectivity index (χ3n) is 3.24. The van der Waals surface area contributed by atoms with Crippen molar-refractivity contribution in [2.75, 3.05) is 19.6 Å². The molecule has 5 nitrogen and oxygen atoms in total. The lowest BCUT2D eigenvalue weighted by Gasteiger charge is -2.32. The maximum absolute atomic E-state index is 10.5. The summed E-state index contributed by atoms with van der Waals surface area (Å²) in [7, 11) is 0. The standard InChI is InChI=1S/C13H20N2O3/c16-13(17)5-6-14-11-3-1-7-15(9-11)10-12-4-2-8-18-12/h2,4,8,11,14H,1,3,5-7,9-10H2,(H,16,17). The summed E-state index contributed by atoms with van der Waals surface area (Å²) in [4.78, 5) is 12.8. The van der Waals surface area contributed by atoms with Crippen molar-refractivity contribution in [1.29, 1.82) is 0 Å². The zero-order valence-corrected chi connectivity index (χ0v) is 10.5. The van der Waals surface area contributed by atoms with Crippen molar-refractivity contribution < 1.29 is 14.3 Å². The van der Waals surface area contributed by atoms with Gasteiger partial charge in [-0.05, 0) is 31.5 Å². The first-order valence-electron chi connectivity index (χ1n) is 6.44. The molecule has 18 heavy (non-hydrogen) atoms. The Labute approximate surface area is 107 Å². The third-order valence-corrected chi connectivity index (χ3v) is 3.24. The number of carboxylic acid groups (broad SMARTS) is 1. The van der Waals surface area contributed by atoms with Gasteiger partial charge >= 0.3 is 5.97 Å². The molecule has 1 aromatic heterocycles. The lowest BCUT2D eigenvalue weighted by Crippen LogP contribution is -2.45. The van der Waals surface area contributed by atoms with Crippen molar-refractivity contribution in [1.82, 2.24) is 10.2 Å². The summed E-state index contributed by atoms with van der Waals surface area (Å²) in [6.45, 7) is 3.43. The molecule has 2 rings (SSSR count). The van der Waals surface area contributed by atoms with E-state index in [0.29, 0.717) is 12.6 Å². The van der Waals surface area contributed by atoms with E-state index in [1.165, 1.54) is 0 Å². The van der Waals surface area contributed by atoms with Crippen LogP contribution in [0.1, 0.15) is 25.0 Å². The smallest absolute Gasteiger partial charge is 0.304 e. The van der Waals surface area contributed by atoms with Crippen molar-refractivity contribution in [3.05, 3.63) is 24.2 Å². The zero-order chi connectivity index (χ0) is 12.8. The summed E-state index contributed by atoms with van der Waals surface area (Å²) < 4.78 is 5.34. The number of carboxylic acids is 1. The first-order valence-corrected chi connectivity index (χ1v) is 6.44. The average Bonchev–Trinajstić information content (AvgIpc) is 2.82. The van der Waals surface area contributed by atoms with Gasteiger partial charge in [0.05, 0.1) is 19.2 Å².